The molecule has 1 N–H and O–H groups in total. The Kier molecular flexibility index (Phi) is 2.93. The van der Waals surface area contributed by atoms with Gasteiger partial charge in [-0.15, -0.1) is 0 Å². The molecule has 0 amide bonds. The minimum atomic E-state index is -1.01. The summed E-state index contributed by atoms with van der Waals surface area (Å²) in [6, 6.07) is 0. The highest BCUT2D eigenvalue weighted by Gasteiger charge is 2.19. The van der Waals surface area contributed by atoms with Crippen molar-refractivity contribution in [2.75, 3.05) is 0 Å². The molecule has 1 aromatic heterocycles. The summed E-state index contributed by atoms with van der Waals surface area (Å²) in [5.41, 5.74) is 0.688. The van der Waals surface area contributed by atoms with E-state index in [-0.39, 0.29) is 10.7 Å². The Morgan fingerprint density at radius 1 is 1.69 bits per heavy atom. The van der Waals surface area contributed by atoms with Gasteiger partial charge < -0.3 is 5.11 Å². The molecule has 0 aliphatic rings. The molecule has 1 heterocycles. The summed E-state index contributed by atoms with van der Waals surface area (Å²) in [5, 5.41) is 13.1. The number of aryl methyl sites for hydroxylation is 2. The second kappa shape index (κ2) is 3.79. The molecule has 0 fully saturated rings. The van der Waals surface area contributed by atoms with Crippen molar-refractivity contribution in [3.63, 3.8) is 0 Å². The first-order valence-electron chi connectivity index (χ1n) is 4.02. The van der Waals surface area contributed by atoms with Gasteiger partial charge in [-0.2, -0.15) is 5.10 Å². The number of aromatic carboxylic acids is 1. The van der Waals surface area contributed by atoms with Crippen molar-refractivity contribution in [1.29, 1.82) is 0 Å². The van der Waals surface area contributed by atoms with E-state index in [1.165, 1.54) is 4.68 Å². The lowest BCUT2D eigenvalue weighted by atomic mass is 10.2. The van der Waals surface area contributed by atoms with E-state index in [4.69, 9.17) is 16.7 Å². The molecule has 1 rings (SSSR count). The fraction of sp³-hybridized carbons (Fsp3) is 0.500. The topological polar surface area (TPSA) is 55.1 Å². The van der Waals surface area contributed by atoms with Gasteiger partial charge in [0.1, 0.15) is 10.7 Å². The molecule has 0 radical (unpaired) electrons. The van der Waals surface area contributed by atoms with Crippen LogP contribution in [-0.2, 0) is 13.5 Å². The van der Waals surface area contributed by atoms with Crippen molar-refractivity contribution >= 4 is 17.6 Å². The summed E-state index contributed by atoms with van der Waals surface area (Å²) >= 11 is 5.76. The molecule has 4 nitrogen and oxygen atoms in total. The van der Waals surface area contributed by atoms with Gasteiger partial charge in [0.2, 0.25) is 0 Å². The molecular weight excluding hydrogens is 192 g/mol. The van der Waals surface area contributed by atoms with Crippen molar-refractivity contribution in [1.82, 2.24) is 9.78 Å². The molecule has 0 unspecified atom stereocenters. The molecule has 0 aromatic carbocycles. The number of hydrogen-bond donors (Lipinski definition) is 1. The third-order valence-corrected chi connectivity index (χ3v) is 2.18. The van der Waals surface area contributed by atoms with E-state index >= 15 is 0 Å². The Hall–Kier alpha value is -1.03. The lowest BCUT2D eigenvalue weighted by Gasteiger charge is -1.93. The number of rotatable bonds is 3. The molecule has 5 heteroatoms. The molecule has 0 spiro atoms. The number of carboxylic acids is 1. The van der Waals surface area contributed by atoms with Crippen molar-refractivity contribution in [2.45, 2.75) is 19.8 Å². The van der Waals surface area contributed by atoms with Gasteiger partial charge >= 0.3 is 5.97 Å². The lowest BCUT2D eigenvalue weighted by Crippen LogP contribution is -2.00. The SMILES string of the molecule is CCCc1nn(C)c(Cl)c1C(=O)O. The Morgan fingerprint density at radius 3 is 2.77 bits per heavy atom. The van der Waals surface area contributed by atoms with Gasteiger partial charge in [-0.3, -0.25) is 4.68 Å². The van der Waals surface area contributed by atoms with Crippen LogP contribution in [0.5, 0.6) is 0 Å². The standard InChI is InChI=1S/C8H11ClN2O2/c1-3-4-5-6(8(12)13)7(9)11(2)10-5/h3-4H2,1-2H3,(H,12,13). The van der Waals surface area contributed by atoms with Crippen LogP contribution < -0.4 is 0 Å². The summed E-state index contributed by atoms with van der Waals surface area (Å²) in [4.78, 5) is 10.8. The van der Waals surface area contributed by atoms with Gasteiger partial charge in [-0.05, 0) is 6.42 Å². The van der Waals surface area contributed by atoms with E-state index in [0.717, 1.165) is 6.42 Å². The molecule has 0 saturated carbocycles. The smallest absolute Gasteiger partial charge is 0.340 e. The highest BCUT2D eigenvalue weighted by molar-refractivity contribution is 6.32. The van der Waals surface area contributed by atoms with E-state index in [1.54, 1.807) is 7.05 Å². The molecule has 0 atom stereocenters. The van der Waals surface area contributed by atoms with Gasteiger partial charge in [0, 0.05) is 7.05 Å². The van der Waals surface area contributed by atoms with Gasteiger partial charge in [-0.25, -0.2) is 4.79 Å². The highest BCUT2D eigenvalue weighted by atomic mass is 35.5. The monoisotopic (exact) mass is 202 g/mol. The van der Waals surface area contributed by atoms with Crippen molar-refractivity contribution in [2.24, 2.45) is 7.05 Å². The molecule has 0 aliphatic heterocycles. The fourth-order valence-electron chi connectivity index (χ4n) is 1.18. The van der Waals surface area contributed by atoms with Crippen molar-refractivity contribution < 1.29 is 9.90 Å². The van der Waals surface area contributed by atoms with Crippen LogP contribution in [0.4, 0.5) is 0 Å². The summed E-state index contributed by atoms with van der Waals surface area (Å²) in [6.45, 7) is 1.97. The number of hydrogen-bond acceptors (Lipinski definition) is 2. The molecule has 0 saturated heterocycles. The first-order valence-corrected chi connectivity index (χ1v) is 4.40. The number of halogens is 1. The van der Waals surface area contributed by atoms with Crippen LogP contribution in [0.15, 0.2) is 0 Å². The molecule has 72 valence electrons. The Morgan fingerprint density at radius 2 is 2.31 bits per heavy atom. The number of nitrogens with zero attached hydrogens (tertiary/aromatic N) is 2. The summed E-state index contributed by atoms with van der Waals surface area (Å²) < 4.78 is 1.38. The molecule has 0 bridgehead atoms. The van der Waals surface area contributed by atoms with Gasteiger partial charge in [0.25, 0.3) is 0 Å². The van der Waals surface area contributed by atoms with Gasteiger partial charge in [-0.1, -0.05) is 24.9 Å². The predicted octanol–water partition coefficient (Wildman–Crippen LogP) is 1.72. The van der Waals surface area contributed by atoms with Gasteiger partial charge in [0.15, 0.2) is 0 Å². The third-order valence-electron chi connectivity index (χ3n) is 1.75. The minimum absolute atomic E-state index is 0.131. The van der Waals surface area contributed by atoms with Crippen LogP contribution in [-0.4, -0.2) is 20.9 Å². The van der Waals surface area contributed by atoms with Crippen LogP contribution in [0.3, 0.4) is 0 Å². The minimum Gasteiger partial charge on any atom is -0.478 e. The Balaban J connectivity index is 3.18. The Bertz CT molecular complexity index is 333. The van der Waals surface area contributed by atoms with Crippen LogP contribution in [0.2, 0.25) is 5.15 Å². The van der Waals surface area contributed by atoms with E-state index in [9.17, 15) is 4.79 Å². The number of aromatic nitrogens is 2. The first-order chi connectivity index (χ1) is 6.07. The number of carboxylic acid groups (broad SMARTS) is 1. The van der Waals surface area contributed by atoms with Crippen molar-refractivity contribution in [3.05, 3.63) is 16.4 Å². The zero-order chi connectivity index (χ0) is 10.0. The molecule has 0 aliphatic carbocycles. The third kappa shape index (κ3) is 1.83. The van der Waals surface area contributed by atoms with Crippen LogP contribution in [0, 0.1) is 0 Å². The molecule has 13 heavy (non-hydrogen) atoms. The van der Waals surface area contributed by atoms with E-state index in [1.807, 2.05) is 6.92 Å². The first kappa shape index (κ1) is 10.1. The highest BCUT2D eigenvalue weighted by Crippen LogP contribution is 2.20. The average Bonchev–Trinajstić information content (AvgIpc) is 2.28. The lowest BCUT2D eigenvalue weighted by molar-refractivity contribution is 0.0696. The average molecular weight is 203 g/mol. The number of carbonyl (C=O) groups is 1. The van der Waals surface area contributed by atoms with Crippen molar-refractivity contribution in [3.8, 4) is 0 Å². The van der Waals surface area contributed by atoms with E-state index in [2.05, 4.69) is 5.10 Å². The second-order valence-corrected chi connectivity index (χ2v) is 3.15. The summed E-state index contributed by atoms with van der Waals surface area (Å²) in [7, 11) is 1.63. The predicted molar refractivity (Wildman–Crippen MR) is 49.2 cm³/mol. The van der Waals surface area contributed by atoms with Crippen LogP contribution in [0.1, 0.15) is 29.4 Å². The maximum Gasteiger partial charge on any atom is 0.340 e. The fourth-order valence-corrected chi connectivity index (χ4v) is 1.41. The van der Waals surface area contributed by atoms with Crippen LogP contribution >= 0.6 is 11.6 Å². The van der Waals surface area contributed by atoms with Gasteiger partial charge in [0.05, 0.1) is 5.69 Å². The van der Waals surface area contributed by atoms with Crippen LogP contribution in [0.25, 0.3) is 0 Å². The summed E-state index contributed by atoms with van der Waals surface area (Å²) in [5.74, 6) is -1.01. The Labute approximate surface area is 81.1 Å². The maximum atomic E-state index is 10.8. The normalized spacial score (nSPS) is 10.4. The zero-order valence-corrected chi connectivity index (χ0v) is 8.30. The van der Waals surface area contributed by atoms with E-state index < -0.39 is 5.97 Å². The molecule has 1 aromatic rings. The van der Waals surface area contributed by atoms with E-state index in [0.29, 0.717) is 12.1 Å². The zero-order valence-electron chi connectivity index (χ0n) is 7.54. The largest absolute Gasteiger partial charge is 0.478 e. The molecular formula is C8H11ClN2O2. The maximum absolute atomic E-state index is 10.8. The second-order valence-electron chi connectivity index (χ2n) is 2.79. The quantitative estimate of drug-likeness (QED) is 0.812. The summed E-state index contributed by atoms with van der Waals surface area (Å²) in [6.07, 6.45) is 1.50.